The molecular formula is C38H62N2O17. The number of hydrogen-bond donors (Lipinski definition) is 2. The highest BCUT2D eigenvalue weighted by Crippen LogP contribution is 2.08. The third kappa shape index (κ3) is 31.9. The molecule has 0 aliphatic carbocycles. The van der Waals surface area contributed by atoms with Crippen LogP contribution in [0.25, 0.3) is 0 Å². The molecule has 2 amide bonds. The molecule has 19 heteroatoms. The first kappa shape index (κ1) is 52.1. The first-order valence-corrected chi connectivity index (χ1v) is 19.3. The van der Waals surface area contributed by atoms with Crippen molar-refractivity contribution in [3.8, 4) is 0 Å². The number of esters is 6. The van der Waals surface area contributed by atoms with Crippen LogP contribution in [0.3, 0.4) is 0 Å². The summed E-state index contributed by atoms with van der Waals surface area (Å²) in [4.78, 5) is 93.1. The van der Waals surface area contributed by atoms with Gasteiger partial charge in [0.25, 0.3) is 0 Å². The number of carbonyl (C=O) groups excluding carboxylic acids is 8. The monoisotopic (exact) mass is 818 g/mol. The Bertz CT molecular complexity index is 1240. The fourth-order valence-electron chi connectivity index (χ4n) is 4.01. The summed E-state index contributed by atoms with van der Waals surface area (Å²) >= 11 is 0. The molecule has 0 fully saturated rings. The molecule has 57 heavy (non-hydrogen) atoms. The summed E-state index contributed by atoms with van der Waals surface area (Å²) in [5, 5.41) is 4.92. The quantitative estimate of drug-likeness (QED) is 0.0334. The van der Waals surface area contributed by atoms with Gasteiger partial charge < -0.3 is 53.3 Å². The molecule has 0 aliphatic heterocycles. The highest BCUT2D eigenvalue weighted by Gasteiger charge is 2.18. The third-order valence-corrected chi connectivity index (χ3v) is 7.40. The molecule has 0 aromatic carbocycles. The summed E-state index contributed by atoms with van der Waals surface area (Å²) in [5.74, 6) is -5.36. The second-order valence-electron chi connectivity index (χ2n) is 13.0. The molecule has 0 aliphatic rings. The summed E-state index contributed by atoms with van der Waals surface area (Å²) in [6, 6.07) is 0. The Kier molecular flexibility index (Phi) is 31.3. The van der Waals surface area contributed by atoms with E-state index in [4.69, 9.17) is 42.6 Å². The van der Waals surface area contributed by atoms with Gasteiger partial charge in [0.2, 0.25) is 0 Å². The first-order valence-electron chi connectivity index (χ1n) is 19.3. The predicted octanol–water partition coefficient (Wildman–Crippen LogP) is 3.48. The molecule has 0 rings (SSSR count). The van der Waals surface area contributed by atoms with Gasteiger partial charge in [0.05, 0.1) is 58.6 Å². The van der Waals surface area contributed by atoms with Crippen molar-refractivity contribution < 1.29 is 81.0 Å². The first-order chi connectivity index (χ1) is 27.2. The maximum absolute atomic E-state index is 11.9. The SMILES string of the molecule is C=C(C)C(=O)OCCNC(=O)OCCCCCOC(=O)C(=O)OCCCCOCCCCCOC(=O)C(=O)OCCC(C)CCOC(=O)NCCOC(=O)C(C)C. The van der Waals surface area contributed by atoms with Gasteiger partial charge in [0.1, 0.15) is 13.2 Å². The van der Waals surface area contributed by atoms with Crippen molar-refractivity contribution in [3.05, 3.63) is 12.2 Å². The lowest BCUT2D eigenvalue weighted by molar-refractivity contribution is -0.168. The van der Waals surface area contributed by atoms with Crippen LogP contribution in [0.15, 0.2) is 12.2 Å². The minimum atomic E-state index is -1.08. The normalized spacial score (nSPS) is 11.0. The second kappa shape index (κ2) is 34.3. The molecular weight excluding hydrogens is 756 g/mol. The number of ether oxygens (including phenoxy) is 9. The smallest absolute Gasteiger partial charge is 0.417 e. The van der Waals surface area contributed by atoms with Crippen molar-refractivity contribution in [1.29, 1.82) is 0 Å². The molecule has 0 saturated carbocycles. The number of amides is 2. The maximum Gasteiger partial charge on any atom is 0.417 e. The Morgan fingerprint density at radius 2 is 0.789 bits per heavy atom. The van der Waals surface area contributed by atoms with E-state index < -0.39 is 42.0 Å². The molecule has 0 radical (unpaired) electrons. The number of hydrogen-bond acceptors (Lipinski definition) is 17. The van der Waals surface area contributed by atoms with Crippen LogP contribution in [0.1, 0.15) is 91.9 Å². The Hall–Kier alpha value is -4.94. The molecule has 0 bridgehead atoms. The summed E-state index contributed by atoms with van der Waals surface area (Å²) in [7, 11) is 0. The van der Waals surface area contributed by atoms with Crippen molar-refractivity contribution in [2.45, 2.75) is 91.9 Å². The fourth-order valence-corrected chi connectivity index (χ4v) is 4.01. The Labute approximate surface area is 334 Å². The summed E-state index contributed by atoms with van der Waals surface area (Å²) in [6.45, 7) is 11.9. The van der Waals surface area contributed by atoms with Crippen molar-refractivity contribution >= 4 is 48.0 Å². The van der Waals surface area contributed by atoms with Crippen LogP contribution in [0, 0.1) is 11.8 Å². The topological polar surface area (TPSA) is 244 Å². The molecule has 0 spiro atoms. The zero-order valence-corrected chi connectivity index (χ0v) is 33.9. The molecule has 19 nitrogen and oxygen atoms in total. The van der Waals surface area contributed by atoms with E-state index >= 15 is 0 Å². The van der Waals surface area contributed by atoms with Crippen LogP contribution >= 0.6 is 0 Å². The van der Waals surface area contributed by atoms with Gasteiger partial charge in [-0.3, -0.25) is 4.79 Å². The Balaban J connectivity index is 3.62. The van der Waals surface area contributed by atoms with Gasteiger partial charge in [0, 0.05) is 18.8 Å². The van der Waals surface area contributed by atoms with E-state index in [2.05, 4.69) is 17.2 Å². The zero-order valence-electron chi connectivity index (χ0n) is 33.9. The summed E-state index contributed by atoms with van der Waals surface area (Å²) in [6.07, 6.45) is 4.32. The van der Waals surface area contributed by atoms with Crippen molar-refractivity contribution in [2.24, 2.45) is 11.8 Å². The van der Waals surface area contributed by atoms with Crippen LogP contribution < -0.4 is 10.6 Å². The molecule has 326 valence electrons. The van der Waals surface area contributed by atoms with Gasteiger partial charge in [-0.15, -0.1) is 0 Å². The third-order valence-electron chi connectivity index (χ3n) is 7.40. The van der Waals surface area contributed by atoms with E-state index in [1.165, 1.54) is 6.92 Å². The van der Waals surface area contributed by atoms with Gasteiger partial charge in [-0.05, 0) is 77.0 Å². The Morgan fingerprint density at radius 1 is 0.439 bits per heavy atom. The minimum Gasteiger partial charge on any atom is -0.464 e. The van der Waals surface area contributed by atoms with E-state index in [0.717, 1.165) is 0 Å². The summed E-state index contributed by atoms with van der Waals surface area (Å²) < 4.78 is 45.1. The number of carbonyl (C=O) groups is 8. The number of rotatable bonds is 31. The second-order valence-corrected chi connectivity index (χ2v) is 13.0. The highest BCUT2D eigenvalue weighted by molar-refractivity contribution is 6.30. The molecule has 2 N–H and O–H groups in total. The van der Waals surface area contributed by atoms with E-state index in [0.29, 0.717) is 77.4 Å². The van der Waals surface area contributed by atoms with Crippen molar-refractivity contribution in [2.75, 3.05) is 79.2 Å². The lowest BCUT2D eigenvalue weighted by Gasteiger charge is -2.12. The molecule has 0 saturated heterocycles. The van der Waals surface area contributed by atoms with E-state index in [1.54, 1.807) is 13.8 Å². The largest absolute Gasteiger partial charge is 0.464 e. The zero-order chi connectivity index (χ0) is 42.7. The highest BCUT2D eigenvalue weighted by atomic mass is 16.6. The molecule has 0 aromatic rings. The molecule has 0 aromatic heterocycles. The number of alkyl carbamates (subject to hydrolysis) is 2. The van der Waals surface area contributed by atoms with Crippen molar-refractivity contribution in [1.82, 2.24) is 10.6 Å². The van der Waals surface area contributed by atoms with Crippen molar-refractivity contribution in [3.63, 3.8) is 0 Å². The van der Waals surface area contributed by atoms with Gasteiger partial charge in [0.15, 0.2) is 0 Å². The molecule has 1 atom stereocenters. The van der Waals surface area contributed by atoms with E-state index in [1.807, 2.05) is 6.92 Å². The summed E-state index contributed by atoms with van der Waals surface area (Å²) in [5.41, 5.74) is 0.263. The number of unbranched alkanes of at least 4 members (excludes halogenated alkanes) is 5. The number of nitrogens with one attached hydrogen (secondary N) is 2. The van der Waals surface area contributed by atoms with Crippen LogP contribution in [0.2, 0.25) is 0 Å². The van der Waals surface area contributed by atoms with E-state index in [-0.39, 0.29) is 89.3 Å². The van der Waals surface area contributed by atoms with Crippen LogP contribution in [0.4, 0.5) is 9.59 Å². The fraction of sp³-hybridized carbons (Fsp3) is 0.737. The van der Waals surface area contributed by atoms with Crippen LogP contribution in [-0.2, 0) is 71.4 Å². The van der Waals surface area contributed by atoms with Gasteiger partial charge >= 0.3 is 48.0 Å². The van der Waals surface area contributed by atoms with Crippen LogP contribution in [-0.4, -0.2) is 127 Å². The van der Waals surface area contributed by atoms with E-state index in [9.17, 15) is 38.4 Å². The Morgan fingerprint density at radius 3 is 1.26 bits per heavy atom. The van der Waals surface area contributed by atoms with Gasteiger partial charge in [-0.1, -0.05) is 27.4 Å². The maximum atomic E-state index is 11.9. The van der Waals surface area contributed by atoms with Gasteiger partial charge in [-0.25, -0.2) is 33.6 Å². The van der Waals surface area contributed by atoms with Gasteiger partial charge in [-0.2, -0.15) is 0 Å². The predicted molar refractivity (Wildman–Crippen MR) is 200 cm³/mol. The average molecular weight is 819 g/mol. The lowest BCUT2D eigenvalue weighted by atomic mass is 10.1. The standard InChI is InChI=1S/C38H62N2O17/c1-28(2)31(41)54-26-16-39-37(47)56-23-11-7-10-21-50-33(43)34(44)52-22-13-12-19-49-18-8-6-9-20-51-35(45)36(46)53-24-14-30(5)15-25-57-38(48)40-17-27-55-32(42)29(3)4/h29-30H,1,6-27H2,2-5H3,(H,39,47)(H,40,48). The average Bonchev–Trinajstić information content (AvgIpc) is 3.17. The lowest BCUT2D eigenvalue weighted by Crippen LogP contribution is -2.29. The molecule has 0 heterocycles. The molecule has 1 unspecified atom stereocenters. The van der Waals surface area contributed by atoms with Crippen LogP contribution in [0.5, 0.6) is 0 Å². The minimum absolute atomic E-state index is 0.00238.